The van der Waals surface area contributed by atoms with Crippen molar-refractivity contribution in [3.05, 3.63) is 71.2 Å². The Kier molecular flexibility index (Phi) is 4.83. The van der Waals surface area contributed by atoms with Crippen LogP contribution in [0.2, 0.25) is 5.02 Å². The minimum absolute atomic E-state index is 0.187. The van der Waals surface area contributed by atoms with Gasteiger partial charge in [0.05, 0.1) is 10.6 Å². The molecule has 0 bridgehead atoms. The van der Waals surface area contributed by atoms with Crippen LogP contribution in [0, 0.1) is 0 Å². The van der Waals surface area contributed by atoms with Crippen molar-refractivity contribution in [1.82, 2.24) is 0 Å². The lowest BCUT2D eigenvalue weighted by Gasteiger charge is -2.15. The lowest BCUT2D eigenvalue weighted by atomic mass is 10.1. The molecule has 0 unspecified atom stereocenters. The van der Waals surface area contributed by atoms with Crippen molar-refractivity contribution in [3.63, 3.8) is 0 Å². The van der Waals surface area contributed by atoms with E-state index in [4.69, 9.17) is 23.8 Å². The molecule has 0 saturated carbocycles. The van der Waals surface area contributed by atoms with Gasteiger partial charge in [0.15, 0.2) is 5.11 Å². The predicted octanol–water partition coefficient (Wildman–Crippen LogP) is 6.32. The third-order valence-corrected chi connectivity index (χ3v) is 4.10. The van der Waals surface area contributed by atoms with Gasteiger partial charge in [-0.25, -0.2) is 0 Å². The number of hydrogen-bond acceptors (Lipinski definition) is 1. The molecule has 0 saturated heterocycles. The molecule has 128 valence electrons. The van der Waals surface area contributed by atoms with E-state index in [1.54, 1.807) is 0 Å². The summed E-state index contributed by atoms with van der Waals surface area (Å²) in [4.78, 5) is 0. The quantitative estimate of drug-likeness (QED) is 0.508. The average molecular weight is 381 g/mol. The van der Waals surface area contributed by atoms with Gasteiger partial charge < -0.3 is 10.6 Å². The van der Waals surface area contributed by atoms with Crippen molar-refractivity contribution >= 4 is 51.1 Å². The van der Waals surface area contributed by atoms with Crippen molar-refractivity contribution in [2.75, 3.05) is 10.6 Å². The Labute approximate surface area is 152 Å². The average Bonchev–Trinajstić information content (AvgIpc) is 2.56. The van der Waals surface area contributed by atoms with Crippen molar-refractivity contribution < 1.29 is 13.2 Å². The van der Waals surface area contributed by atoms with Crippen molar-refractivity contribution in [1.29, 1.82) is 0 Å². The van der Waals surface area contributed by atoms with E-state index in [2.05, 4.69) is 10.6 Å². The Morgan fingerprint density at radius 3 is 2.40 bits per heavy atom. The maximum Gasteiger partial charge on any atom is 0.417 e. The van der Waals surface area contributed by atoms with Gasteiger partial charge in [-0.3, -0.25) is 0 Å². The van der Waals surface area contributed by atoms with E-state index in [9.17, 15) is 13.2 Å². The number of fused-ring (bicyclic) bond motifs is 1. The summed E-state index contributed by atoms with van der Waals surface area (Å²) in [7, 11) is 0. The molecule has 0 fully saturated rings. The van der Waals surface area contributed by atoms with Crippen LogP contribution in [0.25, 0.3) is 10.8 Å². The molecule has 25 heavy (non-hydrogen) atoms. The molecule has 7 heteroatoms. The molecule has 0 aliphatic heterocycles. The third-order valence-electron chi connectivity index (χ3n) is 3.57. The van der Waals surface area contributed by atoms with Gasteiger partial charge in [-0.05, 0) is 41.9 Å². The maximum absolute atomic E-state index is 12.9. The van der Waals surface area contributed by atoms with E-state index < -0.39 is 11.7 Å². The molecule has 0 heterocycles. The van der Waals surface area contributed by atoms with Crippen LogP contribution in [0.3, 0.4) is 0 Å². The van der Waals surface area contributed by atoms with E-state index in [-0.39, 0.29) is 15.8 Å². The first-order valence-corrected chi connectivity index (χ1v) is 8.06. The molecule has 3 rings (SSSR count). The number of thiocarbonyl (C=S) groups is 1. The van der Waals surface area contributed by atoms with Gasteiger partial charge in [0, 0.05) is 16.8 Å². The number of nitrogens with one attached hydrogen (secondary N) is 2. The fraction of sp³-hybridized carbons (Fsp3) is 0.0556. The number of alkyl halides is 3. The molecular formula is C18H12ClF3N2S. The Morgan fingerprint density at radius 2 is 1.64 bits per heavy atom. The molecule has 0 aliphatic rings. The first-order valence-electron chi connectivity index (χ1n) is 7.27. The highest BCUT2D eigenvalue weighted by Crippen LogP contribution is 2.36. The highest BCUT2D eigenvalue weighted by atomic mass is 35.5. The predicted molar refractivity (Wildman–Crippen MR) is 100 cm³/mol. The highest BCUT2D eigenvalue weighted by Gasteiger charge is 2.33. The van der Waals surface area contributed by atoms with Gasteiger partial charge in [0.1, 0.15) is 0 Å². The Balaban J connectivity index is 1.81. The monoisotopic (exact) mass is 380 g/mol. The summed E-state index contributed by atoms with van der Waals surface area (Å²) in [6, 6.07) is 17.0. The lowest BCUT2D eigenvalue weighted by Crippen LogP contribution is -2.19. The normalized spacial score (nSPS) is 11.4. The zero-order valence-corrected chi connectivity index (χ0v) is 14.3. The molecule has 0 spiro atoms. The largest absolute Gasteiger partial charge is 0.417 e. The summed E-state index contributed by atoms with van der Waals surface area (Å²) < 4.78 is 38.8. The molecule has 2 N–H and O–H groups in total. The van der Waals surface area contributed by atoms with Gasteiger partial charge >= 0.3 is 6.18 Å². The molecule has 3 aromatic rings. The van der Waals surface area contributed by atoms with Crippen molar-refractivity contribution in [3.8, 4) is 0 Å². The van der Waals surface area contributed by atoms with Gasteiger partial charge in [0.25, 0.3) is 0 Å². The van der Waals surface area contributed by atoms with Crippen LogP contribution in [0.15, 0.2) is 60.7 Å². The summed E-state index contributed by atoms with van der Waals surface area (Å²) in [5.74, 6) is 0. The molecule has 0 aromatic heterocycles. The molecule has 0 amide bonds. The lowest BCUT2D eigenvalue weighted by molar-refractivity contribution is -0.137. The van der Waals surface area contributed by atoms with Crippen LogP contribution in [0.4, 0.5) is 24.5 Å². The number of hydrogen-bond donors (Lipinski definition) is 2. The maximum atomic E-state index is 12.9. The zero-order chi connectivity index (χ0) is 18.0. The number of rotatable bonds is 2. The Hall–Kier alpha value is -2.31. The van der Waals surface area contributed by atoms with Crippen LogP contribution in [-0.4, -0.2) is 5.11 Å². The summed E-state index contributed by atoms with van der Waals surface area (Å²) in [5, 5.41) is 7.59. The van der Waals surface area contributed by atoms with E-state index in [1.165, 1.54) is 12.1 Å². The smallest absolute Gasteiger partial charge is 0.332 e. The van der Waals surface area contributed by atoms with Crippen LogP contribution >= 0.6 is 23.8 Å². The summed E-state index contributed by atoms with van der Waals surface area (Å²) >= 11 is 10.8. The van der Waals surface area contributed by atoms with Gasteiger partial charge in [0.2, 0.25) is 0 Å². The van der Waals surface area contributed by atoms with Gasteiger partial charge in [-0.15, -0.1) is 0 Å². The van der Waals surface area contributed by atoms with Crippen LogP contribution in [0.1, 0.15) is 5.56 Å². The number of anilines is 2. The first kappa shape index (κ1) is 17.5. The summed E-state index contributed by atoms with van der Waals surface area (Å²) in [6.07, 6.45) is -4.53. The van der Waals surface area contributed by atoms with E-state index in [0.717, 1.165) is 22.5 Å². The second-order valence-corrected chi connectivity index (χ2v) is 6.11. The minimum Gasteiger partial charge on any atom is -0.332 e. The standard InChI is InChI=1S/C18H12ClF3N2S/c19-15-9-8-12(10-14(15)18(20,21)22)23-17(25)24-16-7-3-5-11-4-1-2-6-13(11)16/h1-10H,(H2,23,24,25). The van der Waals surface area contributed by atoms with Crippen LogP contribution < -0.4 is 10.6 Å². The molecule has 2 nitrogen and oxygen atoms in total. The number of halogens is 4. The Bertz CT molecular complexity index is 936. The molecule has 3 aromatic carbocycles. The van der Waals surface area contributed by atoms with Crippen molar-refractivity contribution in [2.24, 2.45) is 0 Å². The zero-order valence-electron chi connectivity index (χ0n) is 12.7. The fourth-order valence-electron chi connectivity index (χ4n) is 2.44. The van der Waals surface area contributed by atoms with Gasteiger partial charge in [-0.1, -0.05) is 48.0 Å². The van der Waals surface area contributed by atoms with Gasteiger partial charge in [-0.2, -0.15) is 13.2 Å². The highest BCUT2D eigenvalue weighted by molar-refractivity contribution is 7.80. The topological polar surface area (TPSA) is 24.1 Å². The van der Waals surface area contributed by atoms with E-state index >= 15 is 0 Å². The summed E-state index contributed by atoms with van der Waals surface area (Å²) in [6.45, 7) is 0. The second kappa shape index (κ2) is 6.90. The molecule has 0 radical (unpaired) electrons. The summed E-state index contributed by atoms with van der Waals surface area (Å²) in [5.41, 5.74) is 0.0576. The van der Waals surface area contributed by atoms with E-state index in [1.807, 2.05) is 42.5 Å². The molecule has 0 atom stereocenters. The first-order chi connectivity index (χ1) is 11.8. The number of benzene rings is 3. The third kappa shape index (κ3) is 4.03. The van der Waals surface area contributed by atoms with Crippen molar-refractivity contribution in [2.45, 2.75) is 6.18 Å². The van der Waals surface area contributed by atoms with Crippen LogP contribution in [-0.2, 0) is 6.18 Å². The van der Waals surface area contributed by atoms with Crippen LogP contribution in [0.5, 0.6) is 0 Å². The van der Waals surface area contributed by atoms with E-state index in [0.29, 0.717) is 0 Å². The minimum atomic E-state index is -4.53. The Morgan fingerprint density at radius 1 is 0.920 bits per heavy atom. The SMILES string of the molecule is FC(F)(F)c1cc(NC(=S)Nc2cccc3ccccc23)ccc1Cl. The fourth-order valence-corrected chi connectivity index (χ4v) is 2.89. The molecule has 0 aliphatic carbocycles. The molecular weight excluding hydrogens is 369 g/mol. The second-order valence-electron chi connectivity index (χ2n) is 5.30.